The summed E-state index contributed by atoms with van der Waals surface area (Å²) in [6.45, 7) is 0. The second-order valence-electron chi connectivity index (χ2n) is 2.27. The van der Waals surface area contributed by atoms with Gasteiger partial charge >= 0.3 is 5.97 Å². The molecule has 0 aliphatic rings. The van der Waals surface area contributed by atoms with Crippen LogP contribution in [-0.2, 0) is 19.6 Å². The third-order valence-corrected chi connectivity index (χ3v) is 3.98. The summed E-state index contributed by atoms with van der Waals surface area (Å²) >= 11 is 0.798. The van der Waals surface area contributed by atoms with Crippen LogP contribution >= 0.6 is 11.3 Å². The van der Waals surface area contributed by atoms with Crippen molar-refractivity contribution in [3.63, 3.8) is 0 Å². The smallest absolute Gasteiger partial charge is 0.358 e. The lowest BCUT2D eigenvalue weighted by atomic mass is 10.5. The number of hydrogen-bond acceptors (Lipinski definition) is 7. The van der Waals surface area contributed by atoms with Gasteiger partial charge in [0.1, 0.15) is 0 Å². The van der Waals surface area contributed by atoms with Gasteiger partial charge in [-0.3, -0.25) is 4.84 Å². The van der Waals surface area contributed by atoms with E-state index in [0.717, 1.165) is 25.6 Å². The zero-order valence-electron chi connectivity index (χ0n) is 7.88. The quantitative estimate of drug-likeness (QED) is 0.587. The normalized spacial score (nSPS) is 11.3. The van der Waals surface area contributed by atoms with Crippen molar-refractivity contribution in [2.45, 2.75) is 4.21 Å². The van der Waals surface area contributed by atoms with Crippen LogP contribution in [0.25, 0.3) is 0 Å². The minimum atomic E-state index is -3.87. The van der Waals surface area contributed by atoms with Crippen LogP contribution in [0.4, 0.5) is 0 Å². The summed E-state index contributed by atoms with van der Waals surface area (Å²) in [7, 11) is -1.58. The molecule has 1 heterocycles. The lowest BCUT2D eigenvalue weighted by Gasteiger charge is -2.02. The number of sulfonamides is 1. The van der Waals surface area contributed by atoms with Crippen molar-refractivity contribution in [3.05, 3.63) is 11.2 Å². The maximum Gasteiger partial charge on any atom is 0.358 e. The number of thiazole rings is 1. The maximum absolute atomic E-state index is 11.5. The monoisotopic (exact) mass is 252 g/mol. The lowest BCUT2D eigenvalue weighted by Crippen LogP contribution is -2.23. The minimum absolute atomic E-state index is 0.240. The predicted molar refractivity (Wildman–Crippen MR) is 50.8 cm³/mol. The van der Waals surface area contributed by atoms with Gasteiger partial charge in [0.25, 0.3) is 10.0 Å². The van der Waals surface area contributed by atoms with Crippen LogP contribution in [0.1, 0.15) is 10.5 Å². The molecule has 1 N–H and O–H groups in total. The fourth-order valence-electron chi connectivity index (χ4n) is 0.806. The van der Waals surface area contributed by atoms with Gasteiger partial charge in [-0.1, -0.05) is 4.89 Å². The van der Waals surface area contributed by atoms with Crippen LogP contribution in [-0.4, -0.2) is 33.6 Å². The Kier molecular flexibility index (Phi) is 3.74. The Morgan fingerprint density at radius 3 is 2.73 bits per heavy atom. The number of carbonyl (C=O) groups excluding carboxylic acids is 1. The van der Waals surface area contributed by atoms with E-state index in [1.165, 1.54) is 5.51 Å². The Bertz CT molecular complexity index is 452. The van der Waals surface area contributed by atoms with E-state index < -0.39 is 16.0 Å². The van der Waals surface area contributed by atoms with E-state index in [2.05, 4.69) is 14.6 Å². The first-order chi connectivity index (χ1) is 7.03. The summed E-state index contributed by atoms with van der Waals surface area (Å²) in [6, 6.07) is 0. The number of esters is 1. The number of nitrogens with one attached hydrogen (secondary N) is 1. The van der Waals surface area contributed by atoms with E-state index in [1.54, 1.807) is 4.89 Å². The van der Waals surface area contributed by atoms with Crippen molar-refractivity contribution in [1.29, 1.82) is 0 Å². The third-order valence-electron chi connectivity index (χ3n) is 1.35. The summed E-state index contributed by atoms with van der Waals surface area (Å²) in [5.74, 6) is -0.812. The molecule has 0 radical (unpaired) electrons. The zero-order chi connectivity index (χ0) is 11.5. The molecule has 7 nitrogen and oxygen atoms in total. The highest BCUT2D eigenvalue weighted by molar-refractivity contribution is 7.91. The molecule has 1 aromatic heterocycles. The first-order valence-electron chi connectivity index (χ1n) is 3.59. The molecule has 15 heavy (non-hydrogen) atoms. The Morgan fingerprint density at radius 2 is 2.20 bits per heavy atom. The number of ether oxygens (including phenoxy) is 1. The van der Waals surface area contributed by atoms with E-state index in [4.69, 9.17) is 0 Å². The largest absolute Gasteiger partial charge is 0.464 e. The van der Waals surface area contributed by atoms with Crippen LogP contribution in [0.15, 0.2) is 9.72 Å². The van der Waals surface area contributed by atoms with Gasteiger partial charge in [-0.05, 0) is 0 Å². The molecule has 0 fully saturated rings. The highest BCUT2D eigenvalue weighted by Gasteiger charge is 2.26. The van der Waals surface area contributed by atoms with Crippen molar-refractivity contribution in [2.24, 2.45) is 0 Å². The molecule has 1 aromatic rings. The first-order valence-corrected chi connectivity index (χ1v) is 5.95. The van der Waals surface area contributed by atoms with Crippen molar-refractivity contribution in [2.75, 3.05) is 14.2 Å². The first kappa shape index (κ1) is 12.0. The van der Waals surface area contributed by atoms with Crippen LogP contribution in [0.5, 0.6) is 0 Å². The SMILES string of the molecule is CONS(=O)(=O)c1scnc1C(=O)OC. The summed E-state index contributed by atoms with van der Waals surface area (Å²) < 4.78 is 27.1. The number of rotatable bonds is 4. The summed E-state index contributed by atoms with van der Waals surface area (Å²) in [6.07, 6.45) is 0. The fraction of sp³-hybridized carbons (Fsp3) is 0.333. The van der Waals surface area contributed by atoms with Gasteiger partial charge in [-0.25, -0.2) is 18.2 Å². The average molecular weight is 252 g/mol. The summed E-state index contributed by atoms with van der Waals surface area (Å²) in [4.78, 5) is 20.8. The van der Waals surface area contributed by atoms with Gasteiger partial charge in [0.2, 0.25) is 0 Å². The van der Waals surface area contributed by atoms with Gasteiger partial charge in [0.15, 0.2) is 9.90 Å². The van der Waals surface area contributed by atoms with Crippen LogP contribution < -0.4 is 4.89 Å². The summed E-state index contributed by atoms with van der Waals surface area (Å²) in [5.41, 5.74) is 0.975. The number of hydrogen-bond donors (Lipinski definition) is 1. The molecule has 0 atom stereocenters. The Morgan fingerprint density at radius 1 is 1.53 bits per heavy atom. The van der Waals surface area contributed by atoms with Crippen molar-refractivity contribution in [3.8, 4) is 0 Å². The van der Waals surface area contributed by atoms with E-state index in [0.29, 0.717) is 0 Å². The molecular weight excluding hydrogens is 244 g/mol. The van der Waals surface area contributed by atoms with Gasteiger partial charge in [0, 0.05) is 0 Å². The van der Waals surface area contributed by atoms with E-state index in [1.807, 2.05) is 0 Å². The number of nitrogens with zero attached hydrogens (tertiary/aromatic N) is 1. The Labute approximate surface area is 90.0 Å². The molecular formula is C6H8N2O5S2. The number of methoxy groups -OCH3 is 1. The second kappa shape index (κ2) is 4.66. The average Bonchev–Trinajstić information content (AvgIpc) is 2.65. The zero-order valence-corrected chi connectivity index (χ0v) is 9.52. The van der Waals surface area contributed by atoms with E-state index in [9.17, 15) is 13.2 Å². The second-order valence-corrected chi connectivity index (χ2v) is 4.97. The Balaban J connectivity index is 3.16. The van der Waals surface area contributed by atoms with E-state index >= 15 is 0 Å². The molecule has 0 saturated carbocycles. The molecule has 0 aliphatic carbocycles. The molecule has 9 heteroatoms. The molecule has 0 saturated heterocycles. The van der Waals surface area contributed by atoms with Gasteiger partial charge in [0.05, 0.1) is 19.7 Å². The van der Waals surface area contributed by atoms with Gasteiger partial charge < -0.3 is 4.74 Å². The summed E-state index contributed by atoms with van der Waals surface area (Å²) in [5, 5.41) is 0. The molecule has 0 aromatic carbocycles. The van der Waals surface area contributed by atoms with Crippen molar-refractivity contribution >= 4 is 27.3 Å². The number of aromatic nitrogens is 1. The molecule has 0 spiro atoms. The molecule has 0 aliphatic heterocycles. The molecule has 0 bridgehead atoms. The highest BCUT2D eigenvalue weighted by Crippen LogP contribution is 2.20. The molecule has 1 rings (SSSR count). The molecule has 0 unspecified atom stereocenters. The van der Waals surface area contributed by atoms with Crippen LogP contribution in [0.2, 0.25) is 0 Å². The minimum Gasteiger partial charge on any atom is -0.464 e. The third kappa shape index (κ3) is 2.50. The lowest BCUT2D eigenvalue weighted by molar-refractivity contribution is 0.0590. The van der Waals surface area contributed by atoms with Gasteiger partial charge in [-0.15, -0.1) is 11.3 Å². The molecule has 0 amide bonds. The van der Waals surface area contributed by atoms with Crippen molar-refractivity contribution < 1.29 is 22.8 Å². The maximum atomic E-state index is 11.5. The Hall–Kier alpha value is -1.03. The van der Waals surface area contributed by atoms with Crippen LogP contribution in [0.3, 0.4) is 0 Å². The van der Waals surface area contributed by atoms with Gasteiger partial charge in [-0.2, -0.15) is 0 Å². The topological polar surface area (TPSA) is 94.6 Å². The standard InChI is InChI=1S/C6H8N2O5S2/c1-12-5(9)4-6(14-3-7-4)15(10,11)8-13-2/h3,8H,1-2H3. The van der Waals surface area contributed by atoms with E-state index in [-0.39, 0.29) is 9.90 Å². The number of carbonyl (C=O) groups is 1. The molecule has 84 valence electrons. The fourth-order valence-corrected chi connectivity index (χ4v) is 2.73. The van der Waals surface area contributed by atoms with Crippen LogP contribution in [0, 0.1) is 0 Å². The predicted octanol–water partition coefficient (Wildman–Crippen LogP) is -0.231. The van der Waals surface area contributed by atoms with Crippen molar-refractivity contribution in [1.82, 2.24) is 9.87 Å². The highest BCUT2D eigenvalue weighted by atomic mass is 32.2.